The van der Waals surface area contributed by atoms with Crippen molar-refractivity contribution < 1.29 is 0 Å². The Labute approximate surface area is 88.7 Å². The molecule has 80 valence electrons. The third-order valence-electron chi connectivity index (χ3n) is 2.10. The molecule has 0 aromatic heterocycles. The van der Waals surface area contributed by atoms with Crippen molar-refractivity contribution >= 4 is 17.6 Å². The van der Waals surface area contributed by atoms with E-state index in [2.05, 4.69) is 0 Å². The summed E-state index contributed by atoms with van der Waals surface area (Å²) < 4.78 is 0. The van der Waals surface area contributed by atoms with E-state index in [-0.39, 0.29) is 11.9 Å². The lowest BCUT2D eigenvalue weighted by atomic mass is 10.1. The molecule has 1 aromatic carbocycles. The third-order valence-corrected chi connectivity index (χ3v) is 2.10. The van der Waals surface area contributed by atoms with Gasteiger partial charge in [-0.15, -0.1) is 0 Å². The minimum Gasteiger partial charge on any atom is -0.369 e. The average Bonchev–Trinajstić information content (AvgIpc) is 2.17. The molecule has 15 heavy (non-hydrogen) atoms. The van der Waals surface area contributed by atoms with E-state index in [1.807, 2.05) is 25.1 Å². The van der Waals surface area contributed by atoms with Crippen molar-refractivity contribution in [1.82, 2.24) is 0 Å². The Balaban J connectivity index is 3.22. The number of benzene rings is 1. The monoisotopic (exact) mass is 205 g/mol. The number of aryl methyl sites for hydroxylation is 1. The molecular weight excluding hydrogens is 190 g/mol. The van der Waals surface area contributed by atoms with E-state index < -0.39 is 0 Å². The van der Waals surface area contributed by atoms with Crippen molar-refractivity contribution in [3.63, 3.8) is 0 Å². The Morgan fingerprint density at radius 2 is 1.73 bits per heavy atom. The molecule has 0 radical (unpaired) electrons. The second-order valence-corrected chi connectivity index (χ2v) is 3.09. The summed E-state index contributed by atoms with van der Waals surface area (Å²) in [6.45, 7) is 2.00. The molecule has 0 unspecified atom stereocenters. The minimum atomic E-state index is -0.247. The number of nitrogens with one attached hydrogen (secondary N) is 2. The van der Waals surface area contributed by atoms with Crippen LogP contribution in [0, 0.1) is 10.8 Å². The van der Waals surface area contributed by atoms with Crippen molar-refractivity contribution in [2.75, 3.05) is 4.90 Å². The van der Waals surface area contributed by atoms with Gasteiger partial charge in [-0.3, -0.25) is 15.7 Å². The van der Waals surface area contributed by atoms with Crippen molar-refractivity contribution in [2.45, 2.75) is 13.3 Å². The molecule has 1 rings (SSSR count). The van der Waals surface area contributed by atoms with Crippen LogP contribution < -0.4 is 16.4 Å². The highest BCUT2D eigenvalue weighted by atomic mass is 15.3. The van der Waals surface area contributed by atoms with Crippen LogP contribution in [0.25, 0.3) is 0 Å². The van der Waals surface area contributed by atoms with E-state index in [4.69, 9.17) is 22.3 Å². The van der Waals surface area contributed by atoms with Crippen LogP contribution in [0.2, 0.25) is 0 Å². The van der Waals surface area contributed by atoms with Gasteiger partial charge in [0.15, 0.2) is 11.9 Å². The van der Waals surface area contributed by atoms with Crippen LogP contribution in [0.5, 0.6) is 0 Å². The number of hydrogen-bond donors (Lipinski definition) is 4. The molecule has 5 heteroatoms. The number of guanidine groups is 2. The Kier molecular flexibility index (Phi) is 3.28. The van der Waals surface area contributed by atoms with Gasteiger partial charge in [-0.25, -0.2) is 0 Å². The lowest BCUT2D eigenvalue weighted by molar-refractivity contribution is 1.11. The van der Waals surface area contributed by atoms with Gasteiger partial charge in [-0.1, -0.05) is 25.1 Å². The van der Waals surface area contributed by atoms with Gasteiger partial charge >= 0.3 is 0 Å². The third kappa shape index (κ3) is 2.25. The zero-order valence-electron chi connectivity index (χ0n) is 8.62. The second-order valence-electron chi connectivity index (χ2n) is 3.09. The zero-order chi connectivity index (χ0) is 11.4. The quantitative estimate of drug-likeness (QED) is 0.425. The fraction of sp³-hybridized carbons (Fsp3) is 0.200. The fourth-order valence-corrected chi connectivity index (χ4v) is 1.42. The van der Waals surface area contributed by atoms with E-state index in [0.717, 1.165) is 12.0 Å². The van der Waals surface area contributed by atoms with Crippen LogP contribution >= 0.6 is 0 Å². The predicted octanol–water partition coefficient (Wildman–Crippen LogP) is 0.842. The standard InChI is InChI=1S/C10H15N5/c1-2-7-5-3-4-6-8(7)15(9(11)12)10(13)14/h3-6H,2H2,1H3,(H3,11,12)(H3,13,14). The molecule has 5 nitrogen and oxygen atoms in total. The molecule has 0 atom stereocenters. The van der Waals surface area contributed by atoms with Crippen LogP contribution in [-0.4, -0.2) is 11.9 Å². The van der Waals surface area contributed by atoms with Gasteiger partial charge in [0, 0.05) is 0 Å². The van der Waals surface area contributed by atoms with E-state index in [0.29, 0.717) is 5.69 Å². The summed E-state index contributed by atoms with van der Waals surface area (Å²) in [6, 6.07) is 7.45. The highest BCUT2D eigenvalue weighted by molar-refractivity contribution is 6.14. The topological polar surface area (TPSA) is 103 Å². The molecular formula is C10H15N5. The summed E-state index contributed by atoms with van der Waals surface area (Å²) >= 11 is 0. The average molecular weight is 205 g/mol. The first-order chi connectivity index (χ1) is 7.07. The van der Waals surface area contributed by atoms with E-state index in [1.165, 1.54) is 4.90 Å². The Bertz CT molecular complexity index is 371. The lowest BCUT2D eigenvalue weighted by Gasteiger charge is -2.22. The molecule has 0 saturated carbocycles. The van der Waals surface area contributed by atoms with Gasteiger partial charge in [0.05, 0.1) is 5.69 Å². The SMILES string of the molecule is CCc1ccccc1N(C(=N)N)C(=N)N. The zero-order valence-corrected chi connectivity index (χ0v) is 8.62. The highest BCUT2D eigenvalue weighted by Crippen LogP contribution is 2.19. The summed E-state index contributed by atoms with van der Waals surface area (Å²) in [6.07, 6.45) is 0.799. The fourth-order valence-electron chi connectivity index (χ4n) is 1.42. The Morgan fingerprint density at radius 3 is 2.20 bits per heavy atom. The number of anilines is 1. The summed E-state index contributed by atoms with van der Waals surface area (Å²) in [5.41, 5.74) is 12.5. The molecule has 0 aliphatic heterocycles. The predicted molar refractivity (Wildman–Crippen MR) is 62.1 cm³/mol. The van der Waals surface area contributed by atoms with Gasteiger partial charge in [0.1, 0.15) is 0 Å². The summed E-state index contributed by atoms with van der Waals surface area (Å²) in [5.74, 6) is -0.494. The second kappa shape index (κ2) is 4.45. The van der Waals surface area contributed by atoms with Crippen molar-refractivity contribution in [3.8, 4) is 0 Å². The number of para-hydroxylation sites is 1. The molecule has 0 bridgehead atoms. The first-order valence-electron chi connectivity index (χ1n) is 4.64. The van der Waals surface area contributed by atoms with Gasteiger partial charge in [0.25, 0.3) is 0 Å². The van der Waals surface area contributed by atoms with Crippen LogP contribution in [-0.2, 0) is 6.42 Å². The molecule has 6 N–H and O–H groups in total. The van der Waals surface area contributed by atoms with Crippen molar-refractivity contribution in [3.05, 3.63) is 29.8 Å². The number of nitrogens with zero attached hydrogens (tertiary/aromatic N) is 1. The number of nitrogens with two attached hydrogens (primary N) is 2. The van der Waals surface area contributed by atoms with Gasteiger partial charge in [0.2, 0.25) is 0 Å². The normalized spacial score (nSPS) is 9.67. The summed E-state index contributed by atoms with van der Waals surface area (Å²) in [7, 11) is 0. The Hall–Kier alpha value is -2.04. The molecule has 0 fully saturated rings. The Morgan fingerprint density at radius 1 is 1.20 bits per heavy atom. The first kappa shape index (κ1) is 11.0. The van der Waals surface area contributed by atoms with Crippen LogP contribution in [0.3, 0.4) is 0 Å². The summed E-state index contributed by atoms with van der Waals surface area (Å²) in [4.78, 5) is 1.21. The molecule has 0 saturated heterocycles. The molecule has 0 aliphatic carbocycles. The summed E-state index contributed by atoms with van der Waals surface area (Å²) in [5, 5.41) is 14.7. The van der Waals surface area contributed by atoms with Crippen molar-refractivity contribution in [2.24, 2.45) is 11.5 Å². The van der Waals surface area contributed by atoms with Crippen LogP contribution in [0.1, 0.15) is 12.5 Å². The van der Waals surface area contributed by atoms with Gasteiger partial charge < -0.3 is 11.5 Å². The maximum atomic E-state index is 7.37. The van der Waals surface area contributed by atoms with E-state index >= 15 is 0 Å². The van der Waals surface area contributed by atoms with E-state index in [1.54, 1.807) is 6.07 Å². The van der Waals surface area contributed by atoms with Gasteiger partial charge in [-0.2, -0.15) is 0 Å². The molecule has 0 spiro atoms. The van der Waals surface area contributed by atoms with E-state index in [9.17, 15) is 0 Å². The molecule has 0 heterocycles. The van der Waals surface area contributed by atoms with Gasteiger partial charge in [-0.05, 0) is 18.1 Å². The maximum Gasteiger partial charge on any atom is 0.200 e. The smallest absolute Gasteiger partial charge is 0.200 e. The lowest BCUT2D eigenvalue weighted by Crippen LogP contribution is -2.45. The molecule has 0 amide bonds. The molecule has 1 aromatic rings. The first-order valence-corrected chi connectivity index (χ1v) is 4.64. The maximum absolute atomic E-state index is 7.37. The highest BCUT2D eigenvalue weighted by Gasteiger charge is 2.14. The van der Waals surface area contributed by atoms with Crippen LogP contribution in [0.15, 0.2) is 24.3 Å². The van der Waals surface area contributed by atoms with Crippen LogP contribution in [0.4, 0.5) is 5.69 Å². The minimum absolute atomic E-state index is 0.247. The molecule has 0 aliphatic rings. The number of hydrogen-bond acceptors (Lipinski definition) is 2. The largest absolute Gasteiger partial charge is 0.369 e. The number of rotatable bonds is 2. The van der Waals surface area contributed by atoms with Crippen molar-refractivity contribution in [1.29, 1.82) is 10.8 Å².